The van der Waals surface area contributed by atoms with E-state index in [0.717, 1.165) is 18.1 Å². The van der Waals surface area contributed by atoms with Crippen molar-refractivity contribution in [3.63, 3.8) is 0 Å². The van der Waals surface area contributed by atoms with Gasteiger partial charge in [0.05, 0.1) is 6.17 Å². The molecule has 0 aromatic heterocycles. The molecule has 0 aliphatic heterocycles. The Morgan fingerprint density at radius 1 is 1.64 bits per heavy atom. The van der Waals surface area contributed by atoms with Crippen molar-refractivity contribution in [1.82, 2.24) is 5.32 Å². The number of hydrogen-bond donors (Lipinski definition) is 3. The maximum atomic E-state index is 7.05. The number of nitrogens with one attached hydrogen (secondary N) is 2. The van der Waals surface area contributed by atoms with Crippen molar-refractivity contribution in [2.24, 2.45) is 10.7 Å². The predicted molar refractivity (Wildman–Crippen MR) is 68.5 cm³/mol. The van der Waals surface area contributed by atoms with Gasteiger partial charge in [-0.25, -0.2) is 4.99 Å². The topological polar surface area (TPSA) is 74.3 Å². The molecule has 0 bridgehead atoms. The number of nitrogens with zero attached hydrogens (tertiary/aromatic N) is 1. The van der Waals surface area contributed by atoms with Gasteiger partial charge < -0.3 is 11.1 Å². The highest BCUT2D eigenvalue weighted by atomic mass is 33.1. The third kappa shape index (κ3) is 12.0. The maximum absolute atomic E-state index is 7.05. The van der Waals surface area contributed by atoms with Crippen LogP contribution in [0.5, 0.6) is 0 Å². The molecule has 0 amide bonds. The first-order valence-electron chi connectivity index (χ1n) is 4.44. The van der Waals surface area contributed by atoms with Crippen LogP contribution in [0.2, 0.25) is 0 Å². The van der Waals surface area contributed by atoms with Crippen molar-refractivity contribution in [3.05, 3.63) is 0 Å². The van der Waals surface area contributed by atoms with Gasteiger partial charge >= 0.3 is 0 Å². The van der Waals surface area contributed by atoms with Gasteiger partial charge in [0.1, 0.15) is 5.84 Å². The second-order valence-corrected chi connectivity index (χ2v) is 5.37. The van der Waals surface area contributed by atoms with Gasteiger partial charge in [-0.05, 0) is 13.8 Å². The standard InChI is InChI=1S/C8H18N4S2/c1-7(9)11-3-5-13-14-6-4-12-8(2)10/h3,8-9,12H,4-6,10H2,1-2H3. The van der Waals surface area contributed by atoms with E-state index in [1.54, 1.807) is 34.7 Å². The van der Waals surface area contributed by atoms with Crippen molar-refractivity contribution < 1.29 is 0 Å². The Balaban J connectivity index is 3.10. The van der Waals surface area contributed by atoms with Gasteiger partial charge in [-0.3, -0.25) is 5.41 Å². The highest BCUT2D eigenvalue weighted by Gasteiger charge is 1.92. The van der Waals surface area contributed by atoms with Crippen LogP contribution in [0.25, 0.3) is 0 Å². The molecule has 0 heterocycles. The first kappa shape index (κ1) is 14.0. The quantitative estimate of drug-likeness (QED) is 0.204. The van der Waals surface area contributed by atoms with Gasteiger partial charge in [-0.1, -0.05) is 21.6 Å². The van der Waals surface area contributed by atoms with Gasteiger partial charge in [0.2, 0.25) is 0 Å². The van der Waals surface area contributed by atoms with E-state index >= 15 is 0 Å². The second-order valence-electron chi connectivity index (χ2n) is 2.75. The summed E-state index contributed by atoms with van der Waals surface area (Å²) in [5.74, 6) is 2.23. The summed E-state index contributed by atoms with van der Waals surface area (Å²) >= 11 is 0. The molecule has 0 saturated heterocycles. The van der Waals surface area contributed by atoms with Crippen LogP contribution in [0.15, 0.2) is 4.99 Å². The third-order valence-corrected chi connectivity index (χ3v) is 3.39. The van der Waals surface area contributed by atoms with E-state index in [0.29, 0.717) is 5.84 Å². The lowest BCUT2D eigenvalue weighted by atomic mass is 10.6. The van der Waals surface area contributed by atoms with Gasteiger partial charge in [0.15, 0.2) is 0 Å². The molecule has 1 atom stereocenters. The van der Waals surface area contributed by atoms with E-state index in [1.165, 1.54) is 0 Å². The minimum absolute atomic E-state index is 0.0720. The molecule has 0 aliphatic rings. The minimum atomic E-state index is 0.0720. The van der Waals surface area contributed by atoms with E-state index < -0.39 is 0 Å². The molecule has 4 nitrogen and oxygen atoms in total. The molecular formula is C8H18N4S2. The summed E-state index contributed by atoms with van der Waals surface area (Å²) in [5.41, 5.74) is 5.52. The Morgan fingerprint density at radius 2 is 2.36 bits per heavy atom. The number of hydrogen-bond acceptors (Lipinski definition) is 5. The summed E-state index contributed by atoms with van der Waals surface area (Å²) in [5, 5.41) is 10.2. The largest absolute Gasteiger partial charge is 0.316 e. The fourth-order valence-electron chi connectivity index (χ4n) is 0.640. The fourth-order valence-corrected chi connectivity index (χ4v) is 2.27. The molecule has 0 aliphatic carbocycles. The lowest BCUT2D eigenvalue weighted by Gasteiger charge is -2.06. The fraction of sp³-hybridized carbons (Fsp3) is 0.750. The van der Waals surface area contributed by atoms with E-state index in [-0.39, 0.29) is 6.17 Å². The Hall–Kier alpha value is -0.0400. The number of rotatable bonds is 7. The van der Waals surface area contributed by atoms with E-state index in [1.807, 2.05) is 6.92 Å². The van der Waals surface area contributed by atoms with E-state index in [9.17, 15) is 0 Å². The van der Waals surface area contributed by atoms with Crippen molar-refractivity contribution in [2.75, 3.05) is 18.1 Å². The highest BCUT2D eigenvalue weighted by Crippen LogP contribution is 2.18. The normalized spacial score (nSPS) is 13.4. The number of aliphatic imine (C=N–C) groups is 1. The molecule has 0 radical (unpaired) electrons. The summed E-state index contributed by atoms with van der Waals surface area (Å²) in [4.78, 5) is 3.86. The average Bonchev–Trinajstić information content (AvgIpc) is 2.08. The molecule has 0 rings (SSSR count). The Bertz CT molecular complexity index is 182. The zero-order valence-electron chi connectivity index (χ0n) is 8.62. The Kier molecular flexibility index (Phi) is 9.49. The van der Waals surface area contributed by atoms with Crippen molar-refractivity contribution in [3.8, 4) is 0 Å². The van der Waals surface area contributed by atoms with Crippen LogP contribution < -0.4 is 11.1 Å². The maximum Gasteiger partial charge on any atom is 0.116 e. The lowest BCUT2D eigenvalue weighted by molar-refractivity contribution is 0.592. The van der Waals surface area contributed by atoms with Crippen LogP contribution in [0.4, 0.5) is 0 Å². The third-order valence-electron chi connectivity index (χ3n) is 1.16. The van der Waals surface area contributed by atoms with Crippen molar-refractivity contribution in [1.29, 1.82) is 5.41 Å². The predicted octanol–water partition coefficient (Wildman–Crippen LogP) is 1.33. The molecule has 0 aromatic carbocycles. The van der Waals surface area contributed by atoms with Gasteiger partial charge in [0.25, 0.3) is 0 Å². The lowest BCUT2D eigenvalue weighted by Crippen LogP contribution is -2.35. The van der Waals surface area contributed by atoms with Crippen LogP contribution >= 0.6 is 21.6 Å². The Labute approximate surface area is 93.4 Å². The molecule has 4 N–H and O–H groups in total. The van der Waals surface area contributed by atoms with E-state index in [2.05, 4.69) is 10.3 Å². The summed E-state index contributed by atoms with van der Waals surface area (Å²) < 4.78 is 0. The van der Waals surface area contributed by atoms with Crippen LogP contribution in [0, 0.1) is 5.41 Å². The molecule has 0 fully saturated rings. The van der Waals surface area contributed by atoms with Crippen LogP contribution in [-0.4, -0.2) is 36.3 Å². The highest BCUT2D eigenvalue weighted by molar-refractivity contribution is 8.76. The van der Waals surface area contributed by atoms with Crippen molar-refractivity contribution >= 4 is 33.6 Å². The molecule has 0 spiro atoms. The molecule has 1 unspecified atom stereocenters. The van der Waals surface area contributed by atoms with Gasteiger partial charge in [-0.2, -0.15) is 0 Å². The summed E-state index contributed by atoms with van der Waals surface area (Å²) in [7, 11) is 3.52. The van der Waals surface area contributed by atoms with Crippen LogP contribution in [-0.2, 0) is 0 Å². The van der Waals surface area contributed by atoms with Crippen molar-refractivity contribution in [2.45, 2.75) is 20.0 Å². The Morgan fingerprint density at radius 3 is 2.93 bits per heavy atom. The summed E-state index contributed by atoms with van der Waals surface area (Å²) in [6.45, 7) is 4.52. The zero-order valence-corrected chi connectivity index (χ0v) is 10.3. The molecule has 0 saturated carbocycles. The monoisotopic (exact) mass is 234 g/mol. The molecule has 0 aromatic rings. The number of amidine groups is 1. The molecule has 82 valence electrons. The SMILES string of the molecule is CC(=N)N=CCSSCCNC(C)N. The zero-order chi connectivity index (χ0) is 10.8. The summed E-state index contributed by atoms with van der Waals surface area (Å²) in [6.07, 6.45) is 1.83. The average molecular weight is 234 g/mol. The van der Waals surface area contributed by atoms with Gasteiger partial charge in [0, 0.05) is 24.3 Å². The number of nitrogens with two attached hydrogens (primary N) is 1. The first-order chi connectivity index (χ1) is 6.63. The molecule has 6 heteroatoms. The second kappa shape index (κ2) is 9.51. The smallest absolute Gasteiger partial charge is 0.116 e. The first-order valence-corrected chi connectivity index (χ1v) is 6.93. The summed E-state index contributed by atoms with van der Waals surface area (Å²) in [6, 6.07) is 0. The minimum Gasteiger partial charge on any atom is -0.316 e. The van der Waals surface area contributed by atoms with E-state index in [4.69, 9.17) is 11.1 Å². The van der Waals surface area contributed by atoms with Gasteiger partial charge in [-0.15, -0.1) is 0 Å². The molecule has 14 heavy (non-hydrogen) atoms. The molecular weight excluding hydrogens is 216 g/mol. The van der Waals surface area contributed by atoms with Crippen LogP contribution in [0.1, 0.15) is 13.8 Å². The van der Waals surface area contributed by atoms with Crippen LogP contribution in [0.3, 0.4) is 0 Å².